The standard InChI is InChI=1S/C14H18N2O3/c1-10(17)19-13-5-3-11(4-6-13)14(18)16(2)12-7-8-15-9-12/h3-6,12,15H,7-9H2,1-2H3. The molecule has 1 aromatic carbocycles. The fourth-order valence-corrected chi connectivity index (χ4v) is 2.17. The highest BCUT2D eigenvalue weighted by atomic mass is 16.5. The van der Waals surface area contributed by atoms with Crippen LogP contribution >= 0.6 is 0 Å². The van der Waals surface area contributed by atoms with Crippen LogP contribution in [0.2, 0.25) is 0 Å². The Hall–Kier alpha value is -1.88. The predicted molar refractivity (Wildman–Crippen MR) is 71.1 cm³/mol. The molecule has 0 bridgehead atoms. The van der Waals surface area contributed by atoms with Gasteiger partial charge in [-0.15, -0.1) is 0 Å². The first-order valence-electron chi connectivity index (χ1n) is 6.34. The number of carbonyl (C=O) groups is 2. The summed E-state index contributed by atoms with van der Waals surface area (Å²) in [5.41, 5.74) is 0.602. The molecule has 19 heavy (non-hydrogen) atoms. The molecular weight excluding hydrogens is 244 g/mol. The van der Waals surface area contributed by atoms with Gasteiger partial charge in [-0.2, -0.15) is 0 Å². The van der Waals surface area contributed by atoms with Crippen molar-refractivity contribution < 1.29 is 14.3 Å². The van der Waals surface area contributed by atoms with Gasteiger partial charge in [0.2, 0.25) is 0 Å². The number of ether oxygens (including phenoxy) is 1. The Kier molecular flexibility index (Phi) is 4.16. The Morgan fingerprint density at radius 2 is 2.00 bits per heavy atom. The van der Waals surface area contributed by atoms with Gasteiger partial charge in [-0.05, 0) is 37.2 Å². The second kappa shape index (κ2) is 5.84. The molecule has 1 atom stereocenters. The van der Waals surface area contributed by atoms with Gasteiger partial charge in [-0.3, -0.25) is 9.59 Å². The van der Waals surface area contributed by atoms with Gasteiger partial charge >= 0.3 is 5.97 Å². The second-order valence-electron chi connectivity index (χ2n) is 4.68. The summed E-state index contributed by atoms with van der Waals surface area (Å²) in [6.45, 7) is 3.14. The molecule has 102 valence electrons. The van der Waals surface area contributed by atoms with Gasteiger partial charge in [0.15, 0.2) is 0 Å². The lowest BCUT2D eigenvalue weighted by molar-refractivity contribution is -0.131. The third-order valence-electron chi connectivity index (χ3n) is 3.27. The number of esters is 1. The Morgan fingerprint density at radius 3 is 2.53 bits per heavy atom. The molecule has 1 saturated heterocycles. The zero-order valence-corrected chi connectivity index (χ0v) is 11.2. The van der Waals surface area contributed by atoms with Crippen molar-refractivity contribution in [1.82, 2.24) is 10.2 Å². The molecule has 1 amide bonds. The number of hydrogen-bond acceptors (Lipinski definition) is 4. The molecule has 1 heterocycles. The van der Waals surface area contributed by atoms with Gasteiger partial charge in [0.05, 0.1) is 0 Å². The van der Waals surface area contributed by atoms with Crippen LogP contribution in [0.25, 0.3) is 0 Å². The maximum Gasteiger partial charge on any atom is 0.308 e. The van der Waals surface area contributed by atoms with E-state index in [4.69, 9.17) is 4.74 Å². The average Bonchev–Trinajstić information content (AvgIpc) is 2.91. The maximum absolute atomic E-state index is 12.3. The minimum atomic E-state index is -0.367. The van der Waals surface area contributed by atoms with E-state index in [0.717, 1.165) is 19.5 Å². The molecule has 5 heteroatoms. The Bertz CT molecular complexity index is 464. The summed E-state index contributed by atoms with van der Waals surface area (Å²) in [6.07, 6.45) is 0.980. The Labute approximate surface area is 112 Å². The summed E-state index contributed by atoms with van der Waals surface area (Å²) in [6, 6.07) is 6.88. The van der Waals surface area contributed by atoms with Crippen LogP contribution in [-0.4, -0.2) is 43.0 Å². The summed E-state index contributed by atoms with van der Waals surface area (Å²) in [7, 11) is 1.82. The largest absolute Gasteiger partial charge is 0.427 e. The smallest absolute Gasteiger partial charge is 0.308 e. The van der Waals surface area contributed by atoms with Gasteiger partial charge < -0.3 is 15.0 Å². The quantitative estimate of drug-likeness (QED) is 0.653. The molecular formula is C14H18N2O3. The van der Waals surface area contributed by atoms with E-state index in [1.165, 1.54) is 6.92 Å². The van der Waals surface area contributed by atoms with E-state index in [-0.39, 0.29) is 17.9 Å². The Morgan fingerprint density at radius 1 is 1.32 bits per heavy atom. The zero-order valence-electron chi connectivity index (χ0n) is 11.2. The van der Waals surface area contributed by atoms with E-state index in [0.29, 0.717) is 11.3 Å². The molecule has 0 spiro atoms. The zero-order chi connectivity index (χ0) is 13.8. The minimum Gasteiger partial charge on any atom is -0.427 e. The number of amides is 1. The lowest BCUT2D eigenvalue weighted by Gasteiger charge is -2.23. The highest BCUT2D eigenvalue weighted by molar-refractivity contribution is 5.94. The van der Waals surface area contributed by atoms with Gasteiger partial charge in [-0.1, -0.05) is 0 Å². The number of nitrogens with zero attached hydrogens (tertiary/aromatic N) is 1. The lowest BCUT2D eigenvalue weighted by Crippen LogP contribution is -2.38. The van der Waals surface area contributed by atoms with E-state index in [2.05, 4.69) is 5.32 Å². The third kappa shape index (κ3) is 3.32. The highest BCUT2D eigenvalue weighted by Crippen LogP contribution is 2.16. The van der Waals surface area contributed by atoms with Crippen LogP contribution in [0, 0.1) is 0 Å². The number of hydrogen-bond donors (Lipinski definition) is 1. The third-order valence-corrected chi connectivity index (χ3v) is 3.27. The monoisotopic (exact) mass is 262 g/mol. The first-order valence-corrected chi connectivity index (χ1v) is 6.34. The molecule has 1 aliphatic rings. The van der Waals surface area contributed by atoms with Crippen molar-refractivity contribution in [3.8, 4) is 5.75 Å². The number of carbonyl (C=O) groups excluding carboxylic acids is 2. The van der Waals surface area contributed by atoms with Crippen molar-refractivity contribution in [2.45, 2.75) is 19.4 Å². The van der Waals surface area contributed by atoms with E-state index in [1.807, 2.05) is 7.05 Å². The fourth-order valence-electron chi connectivity index (χ4n) is 2.17. The molecule has 1 aliphatic heterocycles. The van der Waals surface area contributed by atoms with Crippen molar-refractivity contribution in [1.29, 1.82) is 0 Å². The highest BCUT2D eigenvalue weighted by Gasteiger charge is 2.23. The van der Waals surface area contributed by atoms with Crippen molar-refractivity contribution in [3.05, 3.63) is 29.8 Å². The van der Waals surface area contributed by atoms with Crippen molar-refractivity contribution in [2.75, 3.05) is 20.1 Å². The van der Waals surface area contributed by atoms with Crippen molar-refractivity contribution in [3.63, 3.8) is 0 Å². The summed E-state index contributed by atoms with van der Waals surface area (Å²) >= 11 is 0. The fraction of sp³-hybridized carbons (Fsp3) is 0.429. The van der Waals surface area contributed by atoms with E-state index >= 15 is 0 Å². The molecule has 1 fully saturated rings. The van der Waals surface area contributed by atoms with E-state index < -0.39 is 0 Å². The SMILES string of the molecule is CC(=O)Oc1ccc(C(=O)N(C)C2CCNC2)cc1. The number of benzene rings is 1. The number of nitrogens with one attached hydrogen (secondary N) is 1. The topological polar surface area (TPSA) is 58.6 Å². The summed E-state index contributed by atoms with van der Waals surface area (Å²) in [5.74, 6) is 0.0746. The van der Waals surface area contributed by atoms with E-state index in [1.54, 1.807) is 29.2 Å². The van der Waals surface area contributed by atoms with E-state index in [9.17, 15) is 9.59 Å². The van der Waals surface area contributed by atoms with Crippen molar-refractivity contribution >= 4 is 11.9 Å². The number of likely N-dealkylation sites (N-methyl/N-ethyl adjacent to an activating group) is 1. The lowest BCUT2D eigenvalue weighted by atomic mass is 10.1. The molecule has 0 aromatic heterocycles. The maximum atomic E-state index is 12.3. The van der Waals surface area contributed by atoms with Crippen LogP contribution in [0.15, 0.2) is 24.3 Å². The predicted octanol–water partition coefficient (Wildman–Crippen LogP) is 1.05. The summed E-state index contributed by atoms with van der Waals surface area (Å²) in [4.78, 5) is 24.8. The Balaban J connectivity index is 2.04. The van der Waals surface area contributed by atoms with Gasteiger partial charge in [-0.25, -0.2) is 0 Å². The van der Waals surface area contributed by atoms with Crippen LogP contribution in [0.4, 0.5) is 0 Å². The normalized spacial score (nSPS) is 18.1. The molecule has 0 aliphatic carbocycles. The summed E-state index contributed by atoms with van der Waals surface area (Å²) in [5, 5.41) is 3.24. The van der Waals surface area contributed by atoms with Gasteiger partial charge in [0.25, 0.3) is 5.91 Å². The van der Waals surface area contributed by atoms with Crippen LogP contribution in [0.3, 0.4) is 0 Å². The van der Waals surface area contributed by atoms with Crippen LogP contribution in [-0.2, 0) is 4.79 Å². The van der Waals surface area contributed by atoms with Crippen LogP contribution in [0.1, 0.15) is 23.7 Å². The molecule has 5 nitrogen and oxygen atoms in total. The first-order chi connectivity index (χ1) is 9.08. The average molecular weight is 262 g/mol. The molecule has 1 aromatic rings. The van der Waals surface area contributed by atoms with Crippen LogP contribution < -0.4 is 10.1 Å². The number of rotatable bonds is 3. The molecule has 1 unspecified atom stereocenters. The summed E-state index contributed by atoms with van der Waals surface area (Å²) < 4.78 is 4.94. The van der Waals surface area contributed by atoms with Gasteiger partial charge in [0, 0.05) is 32.1 Å². The molecule has 1 N–H and O–H groups in total. The second-order valence-corrected chi connectivity index (χ2v) is 4.68. The van der Waals surface area contributed by atoms with Crippen LogP contribution in [0.5, 0.6) is 5.75 Å². The van der Waals surface area contributed by atoms with Crippen molar-refractivity contribution in [2.24, 2.45) is 0 Å². The molecule has 0 saturated carbocycles. The van der Waals surface area contributed by atoms with Gasteiger partial charge in [0.1, 0.15) is 5.75 Å². The molecule has 2 rings (SSSR count). The first kappa shape index (κ1) is 13.5. The molecule has 0 radical (unpaired) electrons. The minimum absolute atomic E-state index is 0.0110.